The molecule has 5 heteroatoms. The van der Waals surface area contributed by atoms with Crippen LogP contribution in [0.2, 0.25) is 0 Å². The Morgan fingerprint density at radius 3 is 2.40 bits per heavy atom. The molecule has 1 saturated heterocycles. The van der Waals surface area contributed by atoms with Gasteiger partial charge >= 0.3 is 0 Å². The highest BCUT2D eigenvalue weighted by molar-refractivity contribution is 5.93. The first-order valence-electron chi connectivity index (χ1n) is 8.66. The van der Waals surface area contributed by atoms with E-state index in [0.29, 0.717) is 17.2 Å². The second-order valence-corrected chi connectivity index (χ2v) is 6.83. The van der Waals surface area contributed by atoms with E-state index in [9.17, 15) is 9.18 Å². The fourth-order valence-electron chi connectivity index (χ4n) is 3.44. The van der Waals surface area contributed by atoms with Gasteiger partial charge in [-0.25, -0.2) is 4.39 Å². The number of benzene rings is 2. The molecule has 0 radical (unpaired) electrons. The number of carbonyl (C=O) groups is 1. The molecule has 0 aliphatic carbocycles. The predicted octanol–water partition coefficient (Wildman–Crippen LogP) is 2.96. The van der Waals surface area contributed by atoms with Gasteiger partial charge in [-0.2, -0.15) is 0 Å². The summed E-state index contributed by atoms with van der Waals surface area (Å²) < 4.78 is 13.0. The van der Waals surface area contributed by atoms with Gasteiger partial charge in [0.05, 0.1) is 0 Å². The molecule has 0 spiro atoms. The SMILES string of the molecule is NC(=O)c1ccc(CN2CCC(Cc3ccc(F)cc3)CC2)c(N)c1. The normalized spacial score (nSPS) is 16.0. The monoisotopic (exact) mass is 341 g/mol. The van der Waals surface area contributed by atoms with Crippen LogP contribution in [0.4, 0.5) is 10.1 Å². The molecule has 1 amide bonds. The van der Waals surface area contributed by atoms with Crippen molar-refractivity contribution in [2.75, 3.05) is 18.8 Å². The average Bonchev–Trinajstić information content (AvgIpc) is 2.60. The summed E-state index contributed by atoms with van der Waals surface area (Å²) in [6.45, 7) is 2.82. The standard InChI is InChI=1S/C20H24FN3O/c21-18-5-1-14(2-6-18)11-15-7-9-24(10-8-15)13-17-4-3-16(20(23)25)12-19(17)22/h1-6,12,15H,7-11,13,22H2,(H2,23,25). The molecule has 4 nitrogen and oxygen atoms in total. The van der Waals surface area contributed by atoms with Crippen molar-refractivity contribution in [1.29, 1.82) is 0 Å². The number of nitrogens with two attached hydrogens (primary N) is 2. The number of hydrogen-bond acceptors (Lipinski definition) is 3. The van der Waals surface area contributed by atoms with Crippen molar-refractivity contribution in [3.05, 3.63) is 65.0 Å². The summed E-state index contributed by atoms with van der Waals surface area (Å²) >= 11 is 0. The van der Waals surface area contributed by atoms with Crippen LogP contribution in [-0.2, 0) is 13.0 Å². The minimum absolute atomic E-state index is 0.182. The Morgan fingerprint density at radius 1 is 1.12 bits per heavy atom. The molecule has 1 heterocycles. The van der Waals surface area contributed by atoms with E-state index < -0.39 is 5.91 Å². The van der Waals surface area contributed by atoms with E-state index >= 15 is 0 Å². The van der Waals surface area contributed by atoms with Crippen LogP contribution in [0.3, 0.4) is 0 Å². The maximum absolute atomic E-state index is 13.0. The van der Waals surface area contributed by atoms with Gasteiger partial charge in [0.1, 0.15) is 5.82 Å². The van der Waals surface area contributed by atoms with Gasteiger partial charge in [-0.1, -0.05) is 18.2 Å². The first-order valence-corrected chi connectivity index (χ1v) is 8.66. The summed E-state index contributed by atoms with van der Waals surface area (Å²) in [5, 5.41) is 0. The van der Waals surface area contributed by atoms with Crippen molar-refractivity contribution >= 4 is 11.6 Å². The molecule has 132 valence electrons. The van der Waals surface area contributed by atoms with Crippen LogP contribution in [0, 0.1) is 11.7 Å². The highest BCUT2D eigenvalue weighted by atomic mass is 19.1. The van der Waals surface area contributed by atoms with E-state index in [-0.39, 0.29) is 5.82 Å². The van der Waals surface area contributed by atoms with Gasteiger partial charge in [0.25, 0.3) is 0 Å². The van der Waals surface area contributed by atoms with Crippen molar-refractivity contribution in [3.63, 3.8) is 0 Å². The number of likely N-dealkylation sites (tertiary alicyclic amines) is 1. The number of nitrogen functional groups attached to an aromatic ring is 1. The molecule has 25 heavy (non-hydrogen) atoms. The van der Waals surface area contributed by atoms with Crippen LogP contribution in [0.25, 0.3) is 0 Å². The lowest BCUT2D eigenvalue weighted by molar-refractivity contribution is 0.100. The van der Waals surface area contributed by atoms with Crippen LogP contribution < -0.4 is 11.5 Å². The van der Waals surface area contributed by atoms with E-state index in [2.05, 4.69) is 4.90 Å². The van der Waals surface area contributed by atoms with Gasteiger partial charge in [-0.15, -0.1) is 0 Å². The summed E-state index contributed by atoms with van der Waals surface area (Å²) in [5.41, 5.74) is 14.6. The number of halogens is 1. The van der Waals surface area contributed by atoms with E-state index in [0.717, 1.165) is 44.5 Å². The van der Waals surface area contributed by atoms with Crippen LogP contribution in [0.1, 0.15) is 34.3 Å². The van der Waals surface area contributed by atoms with Crippen molar-refractivity contribution in [3.8, 4) is 0 Å². The second-order valence-electron chi connectivity index (χ2n) is 6.83. The topological polar surface area (TPSA) is 72.4 Å². The molecule has 0 aromatic heterocycles. The lowest BCUT2D eigenvalue weighted by atomic mass is 9.90. The zero-order valence-corrected chi connectivity index (χ0v) is 14.2. The molecule has 1 aliphatic heterocycles. The Bertz CT molecular complexity index is 737. The van der Waals surface area contributed by atoms with E-state index in [1.807, 2.05) is 18.2 Å². The third kappa shape index (κ3) is 4.57. The summed E-state index contributed by atoms with van der Waals surface area (Å²) in [6.07, 6.45) is 3.25. The molecule has 0 bridgehead atoms. The Kier molecular flexibility index (Phi) is 5.34. The van der Waals surface area contributed by atoms with E-state index in [1.165, 1.54) is 17.7 Å². The molecule has 3 rings (SSSR count). The summed E-state index contributed by atoms with van der Waals surface area (Å²) in [6, 6.07) is 12.1. The zero-order valence-electron chi connectivity index (χ0n) is 14.2. The number of nitrogens with zero attached hydrogens (tertiary/aromatic N) is 1. The Morgan fingerprint density at radius 2 is 1.80 bits per heavy atom. The van der Waals surface area contributed by atoms with Gasteiger partial charge in [0, 0.05) is 17.8 Å². The molecule has 0 atom stereocenters. The van der Waals surface area contributed by atoms with Crippen molar-refractivity contribution < 1.29 is 9.18 Å². The third-order valence-corrected chi connectivity index (χ3v) is 4.97. The van der Waals surface area contributed by atoms with Gasteiger partial charge in [-0.3, -0.25) is 9.69 Å². The maximum atomic E-state index is 13.0. The number of hydrogen-bond donors (Lipinski definition) is 2. The highest BCUT2D eigenvalue weighted by Crippen LogP contribution is 2.24. The number of primary amides is 1. The molecule has 1 fully saturated rings. The number of rotatable bonds is 5. The first kappa shape index (κ1) is 17.4. The fourth-order valence-corrected chi connectivity index (χ4v) is 3.44. The van der Waals surface area contributed by atoms with Crippen LogP contribution in [0.15, 0.2) is 42.5 Å². The smallest absolute Gasteiger partial charge is 0.248 e. The predicted molar refractivity (Wildman–Crippen MR) is 97.5 cm³/mol. The summed E-state index contributed by atoms with van der Waals surface area (Å²) in [7, 11) is 0. The van der Waals surface area contributed by atoms with Crippen LogP contribution in [-0.4, -0.2) is 23.9 Å². The molecule has 2 aromatic carbocycles. The quantitative estimate of drug-likeness (QED) is 0.821. The van der Waals surface area contributed by atoms with Gasteiger partial charge < -0.3 is 11.5 Å². The van der Waals surface area contributed by atoms with Gasteiger partial charge in [0.15, 0.2) is 0 Å². The lowest BCUT2D eigenvalue weighted by Crippen LogP contribution is -2.34. The Balaban J connectivity index is 1.52. The number of carbonyl (C=O) groups excluding carboxylic acids is 1. The Hall–Kier alpha value is -2.40. The first-order chi connectivity index (χ1) is 12.0. The molecule has 2 aromatic rings. The zero-order chi connectivity index (χ0) is 17.8. The second kappa shape index (κ2) is 7.66. The van der Waals surface area contributed by atoms with Crippen LogP contribution >= 0.6 is 0 Å². The van der Waals surface area contributed by atoms with Crippen molar-refractivity contribution in [1.82, 2.24) is 4.90 Å². The minimum atomic E-state index is -0.458. The van der Waals surface area contributed by atoms with E-state index in [4.69, 9.17) is 11.5 Å². The summed E-state index contributed by atoms with van der Waals surface area (Å²) in [4.78, 5) is 13.6. The lowest BCUT2D eigenvalue weighted by Gasteiger charge is -2.32. The highest BCUT2D eigenvalue weighted by Gasteiger charge is 2.20. The summed E-state index contributed by atoms with van der Waals surface area (Å²) in [5.74, 6) is -0.00494. The van der Waals surface area contributed by atoms with Crippen molar-refractivity contribution in [2.24, 2.45) is 11.7 Å². The molecular formula is C20H24FN3O. The molecular weight excluding hydrogens is 317 g/mol. The fraction of sp³-hybridized carbons (Fsp3) is 0.350. The average molecular weight is 341 g/mol. The maximum Gasteiger partial charge on any atom is 0.248 e. The number of anilines is 1. The van der Waals surface area contributed by atoms with Gasteiger partial charge in [0.2, 0.25) is 5.91 Å². The molecule has 1 aliphatic rings. The largest absolute Gasteiger partial charge is 0.398 e. The Labute approximate surface area is 147 Å². The van der Waals surface area contributed by atoms with Crippen molar-refractivity contribution in [2.45, 2.75) is 25.8 Å². The number of piperidine rings is 1. The van der Waals surface area contributed by atoms with Gasteiger partial charge in [-0.05, 0) is 73.7 Å². The van der Waals surface area contributed by atoms with E-state index in [1.54, 1.807) is 12.1 Å². The molecule has 4 N–H and O–H groups in total. The molecule has 0 unspecified atom stereocenters. The third-order valence-electron chi connectivity index (χ3n) is 4.97. The number of amides is 1. The molecule has 0 saturated carbocycles. The minimum Gasteiger partial charge on any atom is -0.398 e. The van der Waals surface area contributed by atoms with Crippen LogP contribution in [0.5, 0.6) is 0 Å².